The number of carbonyl (C=O) groups excluding carboxylic acids is 1. The van der Waals surface area contributed by atoms with E-state index in [-0.39, 0.29) is 17.9 Å². The lowest BCUT2D eigenvalue weighted by Crippen LogP contribution is -2.30. The van der Waals surface area contributed by atoms with Gasteiger partial charge in [0.1, 0.15) is 5.75 Å². The molecule has 2 aromatic rings. The molecule has 2 rings (SSSR count). The van der Waals surface area contributed by atoms with E-state index < -0.39 is 6.10 Å². The number of benzene rings is 1. The zero-order valence-electron chi connectivity index (χ0n) is 14.4. The van der Waals surface area contributed by atoms with Gasteiger partial charge in [-0.2, -0.15) is 0 Å². The van der Waals surface area contributed by atoms with Crippen LogP contribution in [0.3, 0.4) is 0 Å². The Labute approximate surface area is 147 Å². The molecule has 2 N–H and O–H groups in total. The van der Waals surface area contributed by atoms with Crippen molar-refractivity contribution in [1.82, 2.24) is 5.32 Å². The summed E-state index contributed by atoms with van der Waals surface area (Å²) >= 11 is 1.51. The molecule has 0 spiro atoms. The van der Waals surface area contributed by atoms with E-state index in [0.29, 0.717) is 18.7 Å². The van der Waals surface area contributed by atoms with Crippen LogP contribution in [0.25, 0.3) is 0 Å². The van der Waals surface area contributed by atoms with Crippen LogP contribution in [-0.4, -0.2) is 24.2 Å². The molecular formula is C19H25NO3S. The van der Waals surface area contributed by atoms with Gasteiger partial charge < -0.3 is 15.2 Å². The SMILES string of the molecule is CC(C)(C)c1ccc(OCC(=O)NCCC(O)c2cccs2)cc1. The van der Waals surface area contributed by atoms with Crippen LogP contribution in [0.5, 0.6) is 5.75 Å². The second-order valence-corrected chi connectivity index (χ2v) is 7.71. The molecule has 4 nitrogen and oxygen atoms in total. The lowest BCUT2D eigenvalue weighted by atomic mass is 9.87. The highest BCUT2D eigenvalue weighted by atomic mass is 32.1. The number of aliphatic hydroxyl groups excluding tert-OH is 1. The van der Waals surface area contributed by atoms with E-state index in [1.165, 1.54) is 16.9 Å². The highest BCUT2D eigenvalue weighted by Crippen LogP contribution is 2.24. The topological polar surface area (TPSA) is 58.6 Å². The smallest absolute Gasteiger partial charge is 0.257 e. The van der Waals surface area contributed by atoms with Crippen molar-refractivity contribution in [2.45, 2.75) is 38.7 Å². The fraction of sp³-hybridized carbons (Fsp3) is 0.421. The Morgan fingerprint density at radius 1 is 1.25 bits per heavy atom. The molecule has 1 atom stereocenters. The molecule has 0 aliphatic heterocycles. The third-order valence-electron chi connectivity index (χ3n) is 3.70. The standard InChI is InChI=1S/C19H25NO3S/c1-19(2,3)14-6-8-15(9-7-14)23-13-18(22)20-11-10-16(21)17-5-4-12-24-17/h4-9,12,16,21H,10-11,13H2,1-3H3,(H,20,22). The molecule has 5 heteroatoms. The Morgan fingerprint density at radius 2 is 1.96 bits per heavy atom. The lowest BCUT2D eigenvalue weighted by molar-refractivity contribution is -0.123. The van der Waals surface area contributed by atoms with Gasteiger partial charge in [-0.3, -0.25) is 4.79 Å². The number of nitrogens with one attached hydrogen (secondary N) is 1. The van der Waals surface area contributed by atoms with Crippen LogP contribution in [0.1, 0.15) is 43.7 Å². The fourth-order valence-corrected chi connectivity index (χ4v) is 2.97. The maximum absolute atomic E-state index is 11.8. The van der Waals surface area contributed by atoms with E-state index in [0.717, 1.165) is 4.88 Å². The second kappa shape index (κ2) is 8.31. The summed E-state index contributed by atoms with van der Waals surface area (Å²) in [6, 6.07) is 11.6. The highest BCUT2D eigenvalue weighted by molar-refractivity contribution is 7.10. The monoisotopic (exact) mass is 347 g/mol. The molecule has 1 aromatic carbocycles. The Balaban J connectivity index is 1.69. The Bertz CT molecular complexity index is 630. The third-order valence-corrected chi connectivity index (χ3v) is 4.68. The van der Waals surface area contributed by atoms with E-state index in [2.05, 4.69) is 26.1 Å². The maximum Gasteiger partial charge on any atom is 0.257 e. The number of rotatable bonds is 7. The average molecular weight is 347 g/mol. The summed E-state index contributed by atoms with van der Waals surface area (Å²) in [5.74, 6) is 0.491. The molecule has 0 bridgehead atoms. The fourth-order valence-electron chi connectivity index (χ4n) is 2.22. The van der Waals surface area contributed by atoms with Gasteiger partial charge in [0.25, 0.3) is 5.91 Å². The molecule has 0 saturated carbocycles. The van der Waals surface area contributed by atoms with Gasteiger partial charge in [0.2, 0.25) is 0 Å². The molecule has 0 aliphatic rings. The molecule has 0 radical (unpaired) electrons. The summed E-state index contributed by atoms with van der Waals surface area (Å²) in [6.07, 6.45) is -0.0387. The highest BCUT2D eigenvalue weighted by Gasteiger charge is 2.13. The summed E-state index contributed by atoms with van der Waals surface area (Å²) < 4.78 is 5.49. The van der Waals surface area contributed by atoms with Crippen LogP contribution in [0.4, 0.5) is 0 Å². The molecule has 1 aromatic heterocycles. The van der Waals surface area contributed by atoms with E-state index in [1.54, 1.807) is 0 Å². The van der Waals surface area contributed by atoms with Crippen molar-refractivity contribution in [2.24, 2.45) is 0 Å². The summed E-state index contributed by atoms with van der Waals surface area (Å²) in [7, 11) is 0. The first-order chi connectivity index (χ1) is 11.4. The van der Waals surface area contributed by atoms with E-state index in [1.807, 2.05) is 41.8 Å². The summed E-state index contributed by atoms with van der Waals surface area (Å²) in [4.78, 5) is 12.7. The predicted molar refractivity (Wildman–Crippen MR) is 97.5 cm³/mol. The quantitative estimate of drug-likeness (QED) is 0.803. The number of aliphatic hydroxyl groups is 1. The average Bonchev–Trinajstić information content (AvgIpc) is 3.07. The van der Waals surface area contributed by atoms with E-state index in [4.69, 9.17) is 4.74 Å². The number of ether oxygens (including phenoxy) is 1. The molecule has 0 aliphatic carbocycles. The molecule has 1 unspecified atom stereocenters. The van der Waals surface area contributed by atoms with Crippen LogP contribution in [0.2, 0.25) is 0 Å². The Kier molecular flexibility index (Phi) is 6.40. The molecule has 0 saturated heterocycles. The van der Waals surface area contributed by atoms with Crippen molar-refractivity contribution in [3.05, 3.63) is 52.2 Å². The van der Waals surface area contributed by atoms with Crippen LogP contribution in [0, 0.1) is 0 Å². The van der Waals surface area contributed by atoms with Crippen LogP contribution >= 0.6 is 11.3 Å². The zero-order valence-corrected chi connectivity index (χ0v) is 15.2. The van der Waals surface area contributed by atoms with Crippen molar-refractivity contribution < 1.29 is 14.6 Å². The van der Waals surface area contributed by atoms with Gasteiger partial charge >= 0.3 is 0 Å². The summed E-state index contributed by atoms with van der Waals surface area (Å²) in [6.45, 7) is 6.86. The summed E-state index contributed by atoms with van der Waals surface area (Å²) in [5, 5.41) is 14.6. The van der Waals surface area contributed by atoms with Crippen molar-refractivity contribution in [2.75, 3.05) is 13.2 Å². The molecular weight excluding hydrogens is 322 g/mol. The van der Waals surface area contributed by atoms with Gasteiger partial charge in [-0.05, 0) is 41.0 Å². The van der Waals surface area contributed by atoms with Gasteiger partial charge in [-0.15, -0.1) is 11.3 Å². The largest absolute Gasteiger partial charge is 0.484 e. The van der Waals surface area contributed by atoms with Crippen molar-refractivity contribution in [3.8, 4) is 5.75 Å². The van der Waals surface area contributed by atoms with Gasteiger partial charge in [0.15, 0.2) is 6.61 Å². The Hall–Kier alpha value is -1.85. The third kappa shape index (κ3) is 5.65. The van der Waals surface area contributed by atoms with Crippen LogP contribution in [-0.2, 0) is 10.2 Å². The van der Waals surface area contributed by atoms with Gasteiger partial charge in [-0.25, -0.2) is 0 Å². The Morgan fingerprint density at radius 3 is 2.54 bits per heavy atom. The normalized spacial score (nSPS) is 12.7. The molecule has 1 amide bonds. The minimum atomic E-state index is -0.531. The first kappa shape index (κ1) is 18.5. The predicted octanol–water partition coefficient (Wildman–Crippen LogP) is 3.66. The van der Waals surface area contributed by atoms with Crippen molar-refractivity contribution in [1.29, 1.82) is 0 Å². The number of carbonyl (C=O) groups is 1. The van der Waals surface area contributed by atoms with Gasteiger partial charge in [0.05, 0.1) is 6.10 Å². The molecule has 1 heterocycles. The molecule has 130 valence electrons. The first-order valence-electron chi connectivity index (χ1n) is 8.08. The molecule has 24 heavy (non-hydrogen) atoms. The first-order valence-corrected chi connectivity index (χ1v) is 8.96. The number of thiophene rings is 1. The molecule has 0 fully saturated rings. The van der Waals surface area contributed by atoms with Crippen molar-refractivity contribution >= 4 is 17.2 Å². The van der Waals surface area contributed by atoms with Gasteiger partial charge in [0, 0.05) is 11.4 Å². The van der Waals surface area contributed by atoms with E-state index >= 15 is 0 Å². The van der Waals surface area contributed by atoms with Crippen molar-refractivity contribution in [3.63, 3.8) is 0 Å². The lowest BCUT2D eigenvalue weighted by Gasteiger charge is -2.19. The number of amides is 1. The number of hydrogen-bond acceptors (Lipinski definition) is 4. The minimum Gasteiger partial charge on any atom is -0.484 e. The van der Waals surface area contributed by atoms with E-state index in [9.17, 15) is 9.90 Å². The van der Waals surface area contributed by atoms with Gasteiger partial charge in [-0.1, -0.05) is 39.0 Å². The number of hydrogen-bond donors (Lipinski definition) is 2. The summed E-state index contributed by atoms with van der Waals surface area (Å²) in [5.41, 5.74) is 1.32. The van der Waals surface area contributed by atoms with Crippen LogP contribution < -0.4 is 10.1 Å². The maximum atomic E-state index is 11.8. The minimum absolute atomic E-state index is 0.0238. The zero-order chi connectivity index (χ0) is 17.6. The van der Waals surface area contributed by atoms with Crippen LogP contribution in [0.15, 0.2) is 41.8 Å². The second-order valence-electron chi connectivity index (χ2n) is 6.73.